The van der Waals surface area contributed by atoms with E-state index in [-0.39, 0.29) is 24.0 Å². The number of guanidine groups is 1. The van der Waals surface area contributed by atoms with Gasteiger partial charge in [0.25, 0.3) is 0 Å². The minimum atomic E-state index is -0.982. The predicted octanol–water partition coefficient (Wildman–Crippen LogP) is 2.00. The summed E-state index contributed by atoms with van der Waals surface area (Å²) in [6.07, 6.45) is 0. The zero-order valence-electron chi connectivity index (χ0n) is 13.2. The lowest BCUT2D eigenvalue weighted by Gasteiger charge is -2.11. The summed E-state index contributed by atoms with van der Waals surface area (Å²) in [5.41, 5.74) is 0. The fourth-order valence-electron chi connectivity index (χ4n) is 1.66. The third-order valence-electron chi connectivity index (χ3n) is 2.64. The van der Waals surface area contributed by atoms with Crippen molar-refractivity contribution in [2.45, 2.75) is 18.7 Å². The Bertz CT molecular complexity index is 444. The van der Waals surface area contributed by atoms with Crippen molar-refractivity contribution in [3.05, 3.63) is 30.3 Å². The van der Waals surface area contributed by atoms with E-state index in [0.29, 0.717) is 32.1 Å². The highest BCUT2D eigenvalue weighted by Gasteiger charge is 2.03. The number of benzene rings is 1. The topological polar surface area (TPSA) is 62.7 Å². The molecule has 7 heteroatoms. The van der Waals surface area contributed by atoms with Crippen molar-refractivity contribution in [1.82, 2.24) is 10.6 Å². The first-order chi connectivity index (χ1) is 10.3. The molecule has 126 valence electrons. The molecule has 0 heterocycles. The first-order valence-corrected chi connectivity index (χ1v) is 8.63. The molecule has 0 aliphatic rings. The molecule has 0 fully saturated rings. The van der Waals surface area contributed by atoms with Crippen LogP contribution in [0.4, 0.5) is 0 Å². The van der Waals surface area contributed by atoms with Gasteiger partial charge in [-0.05, 0) is 26.0 Å². The molecule has 1 atom stereocenters. The predicted molar refractivity (Wildman–Crippen MR) is 104 cm³/mol. The van der Waals surface area contributed by atoms with Crippen molar-refractivity contribution in [2.75, 3.05) is 38.6 Å². The molecule has 0 spiro atoms. The maximum absolute atomic E-state index is 12.1. The minimum absolute atomic E-state index is 0. The Morgan fingerprint density at radius 1 is 1.23 bits per heavy atom. The molecule has 0 aliphatic carbocycles. The van der Waals surface area contributed by atoms with E-state index < -0.39 is 10.8 Å². The smallest absolute Gasteiger partial charge is 0.191 e. The second-order valence-electron chi connectivity index (χ2n) is 4.25. The summed E-state index contributed by atoms with van der Waals surface area (Å²) in [6, 6.07) is 9.50. The number of nitrogens with one attached hydrogen (secondary N) is 2. The van der Waals surface area contributed by atoms with Crippen LogP contribution in [-0.2, 0) is 15.5 Å². The molecule has 0 aliphatic heterocycles. The van der Waals surface area contributed by atoms with Gasteiger partial charge in [-0.2, -0.15) is 0 Å². The van der Waals surface area contributed by atoms with Gasteiger partial charge < -0.3 is 15.4 Å². The van der Waals surface area contributed by atoms with Crippen LogP contribution in [0.3, 0.4) is 0 Å². The van der Waals surface area contributed by atoms with Crippen molar-refractivity contribution in [3.8, 4) is 0 Å². The zero-order chi connectivity index (χ0) is 15.3. The average molecular weight is 439 g/mol. The highest BCUT2D eigenvalue weighted by molar-refractivity contribution is 14.0. The molecule has 0 bridgehead atoms. The summed E-state index contributed by atoms with van der Waals surface area (Å²) >= 11 is 0. The normalized spacial score (nSPS) is 12.4. The van der Waals surface area contributed by atoms with Gasteiger partial charge in [-0.25, -0.2) is 0 Å². The molecule has 1 aromatic carbocycles. The third kappa shape index (κ3) is 9.37. The van der Waals surface area contributed by atoms with Gasteiger partial charge in [0.05, 0.1) is 24.0 Å². The van der Waals surface area contributed by atoms with E-state index in [1.165, 1.54) is 0 Å². The Morgan fingerprint density at radius 3 is 2.59 bits per heavy atom. The van der Waals surface area contributed by atoms with Crippen molar-refractivity contribution in [1.29, 1.82) is 0 Å². The first kappa shape index (κ1) is 21.3. The van der Waals surface area contributed by atoms with E-state index in [0.717, 1.165) is 17.4 Å². The van der Waals surface area contributed by atoms with Crippen molar-refractivity contribution < 1.29 is 8.95 Å². The number of halogens is 1. The highest BCUT2D eigenvalue weighted by Crippen LogP contribution is 2.04. The van der Waals surface area contributed by atoms with E-state index >= 15 is 0 Å². The van der Waals surface area contributed by atoms with Crippen LogP contribution in [0.25, 0.3) is 0 Å². The second kappa shape index (κ2) is 14.0. The molecule has 1 rings (SSSR count). The maximum Gasteiger partial charge on any atom is 0.191 e. The fraction of sp³-hybridized carbons (Fsp3) is 0.533. The number of rotatable bonds is 9. The van der Waals surface area contributed by atoms with Crippen LogP contribution in [0.15, 0.2) is 40.2 Å². The molecule has 22 heavy (non-hydrogen) atoms. The molecular formula is C15H26IN3O2S. The van der Waals surface area contributed by atoms with Gasteiger partial charge in [-0.15, -0.1) is 24.0 Å². The summed E-state index contributed by atoms with van der Waals surface area (Å²) in [5, 5.41) is 6.35. The number of nitrogens with zero attached hydrogens (tertiary/aromatic N) is 1. The highest BCUT2D eigenvalue weighted by atomic mass is 127. The second-order valence-corrected chi connectivity index (χ2v) is 5.82. The molecule has 0 aromatic heterocycles. The quantitative estimate of drug-likeness (QED) is 0.268. The number of ether oxygens (including phenoxy) is 1. The van der Waals surface area contributed by atoms with Crippen molar-refractivity contribution in [2.24, 2.45) is 4.99 Å². The van der Waals surface area contributed by atoms with Crippen LogP contribution < -0.4 is 10.6 Å². The van der Waals surface area contributed by atoms with Gasteiger partial charge >= 0.3 is 0 Å². The van der Waals surface area contributed by atoms with Gasteiger partial charge in [0.2, 0.25) is 0 Å². The summed E-state index contributed by atoms with van der Waals surface area (Å²) in [6.45, 7) is 7.32. The van der Waals surface area contributed by atoms with Crippen LogP contribution in [0.5, 0.6) is 0 Å². The number of hydrogen-bond acceptors (Lipinski definition) is 3. The van der Waals surface area contributed by atoms with Gasteiger partial charge in [0.15, 0.2) is 5.96 Å². The van der Waals surface area contributed by atoms with Gasteiger partial charge in [-0.3, -0.25) is 9.20 Å². The average Bonchev–Trinajstić information content (AvgIpc) is 2.52. The fourth-order valence-corrected chi connectivity index (χ4v) is 2.64. The van der Waals surface area contributed by atoms with Gasteiger partial charge in [-0.1, -0.05) is 18.2 Å². The van der Waals surface area contributed by atoms with Gasteiger partial charge in [0.1, 0.15) is 0 Å². The Balaban J connectivity index is 0.00000441. The van der Waals surface area contributed by atoms with Crippen LogP contribution in [0, 0.1) is 0 Å². The molecule has 0 radical (unpaired) electrons. The van der Waals surface area contributed by atoms with Crippen LogP contribution in [0.1, 0.15) is 13.8 Å². The molecule has 1 unspecified atom stereocenters. The SMILES string of the molecule is CCNC(=NCCOCC)NCCS(=O)c1ccccc1.I. The summed E-state index contributed by atoms with van der Waals surface area (Å²) in [5.74, 6) is 1.29. The zero-order valence-corrected chi connectivity index (χ0v) is 16.4. The van der Waals surface area contributed by atoms with E-state index in [9.17, 15) is 4.21 Å². The lowest BCUT2D eigenvalue weighted by atomic mass is 10.4. The molecule has 5 nitrogen and oxygen atoms in total. The van der Waals surface area contributed by atoms with E-state index in [4.69, 9.17) is 4.74 Å². The van der Waals surface area contributed by atoms with Crippen LogP contribution in [-0.4, -0.2) is 48.8 Å². The Labute approximate surface area is 152 Å². The van der Waals surface area contributed by atoms with Crippen molar-refractivity contribution >= 4 is 40.7 Å². The number of aliphatic imine (C=N–C) groups is 1. The van der Waals surface area contributed by atoms with E-state index in [1.54, 1.807) is 0 Å². The maximum atomic E-state index is 12.1. The molecule has 0 saturated carbocycles. The minimum Gasteiger partial charge on any atom is -0.380 e. The molecular weight excluding hydrogens is 413 g/mol. The van der Waals surface area contributed by atoms with Crippen LogP contribution in [0.2, 0.25) is 0 Å². The van der Waals surface area contributed by atoms with Gasteiger partial charge in [0, 0.05) is 30.3 Å². The Morgan fingerprint density at radius 2 is 1.95 bits per heavy atom. The largest absolute Gasteiger partial charge is 0.380 e. The first-order valence-electron chi connectivity index (χ1n) is 7.31. The third-order valence-corrected chi connectivity index (χ3v) is 4.01. The molecule has 1 aromatic rings. The lowest BCUT2D eigenvalue weighted by Crippen LogP contribution is -2.39. The Kier molecular flexibility index (Phi) is 13.5. The van der Waals surface area contributed by atoms with Crippen LogP contribution >= 0.6 is 24.0 Å². The monoisotopic (exact) mass is 439 g/mol. The van der Waals surface area contributed by atoms with Crippen molar-refractivity contribution in [3.63, 3.8) is 0 Å². The number of hydrogen-bond donors (Lipinski definition) is 2. The summed E-state index contributed by atoms with van der Waals surface area (Å²) in [7, 11) is -0.982. The summed E-state index contributed by atoms with van der Waals surface area (Å²) in [4.78, 5) is 5.25. The molecule has 2 N–H and O–H groups in total. The lowest BCUT2D eigenvalue weighted by molar-refractivity contribution is 0.155. The van der Waals surface area contributed by atoms with E-state index in [1.807, 2.05) is 44.2 Å². The van der Waals surface area contributed by atoms with E-state index in [2.05, 4.69) is 15.6 Å². The molecule has 0 saturated heterocycles. The standard InChI is InChI=1S/C15H25N3O2S.HI/c1-3-16-15(17-10-12-20-4-2)18-11-13-21(19)14-8-6-5-7-9-14;/h5-9H,3-4,10-13H2,1-2H3,(H2,16,17,18);1H. The molecule has 0 amide bonds. The summed E-state index contributed by atoms with van der Waals surface area (Å²) < 4.78 is 17.3. The Hall–Kier alpha value is -0.670.